The normalized spacial score (nSPS) is 10.7. The molecule has 0 atom stereocenters. The minimum Gasteiger partial charge on any atom is -0.380 e. The Morgan fingerprint density at radius 2 is 2.00 bits per heavy atom. The average molecular weight is 264 g/mol. The molecule has 0 unspecified atom stereocenters. The third-order valence-electron chi connectivity index (χ3n) is 3.24. The summed E-state index contributed by atoms with van der Waals surface area (Å²) in [6.07, 6.45) is 0. The lowest BCUT2D eigenvalue weighted by atomic mass is 10.2. The summed E-state index contributed by atoms with van der Waals surface area (Å²) < 4.78 is 1.91. The molecule has 0 spiro atoms. The first-order valence-electron chi connectivity index (χ1n) is 5.98. The molecule has 2 aromatic rings. The van der Waals surface area contributed by atoms with E-state index in [1.54, 1.807) is 0 Å². The van der Waals surface area contributed by atoms with Crippen molar-refractivity contribution in [3.63, 3.8) is 0 Å². The topological polar surface area (TPSA) is 29.9 Å². The molecule has 0 aliphatic carbocycles. The highest BCUT2D eigenvalue weighted by atomic mass is 35.5. The molecule has 4 heteroatoms. The summed E-state index contributed by atoms with van der Waals surface area (Å²) in [6.45, 7) is 6.88. The number of rotatable bonds is 3. The Bertz CT molecular complexity index is 573. The summed E-state index contributed by atoms with van der Waals surface area (Å²) in [5.74, 6) is 0. The van der Waals surface area contributed by atoms with Crippen LogP contribution in [-0.4, -0.2) is 9.78 Å². The van der Waals surface area contributed by atoms with E-state index >= 15 is 0 Å². The van der Waals surface area contributed by atoms with Crippen LogP contribution in [0.3, 0.4) is 0 Å². The van der Waals surface area contributed by atoms with Gasteiger partial charge in [-0.05, 0) is 38.5 Å². The molecule has 0 amide bonds. The highest BCUT2D eigenvalue weighted by molar-refractivity contribution is 6.33. The molecule has 1 N–H and O–H groups in total. The van der Waals surface area contributed by atoms with Crippen LogP contribution in [0.25, 0.3) is 0 Å². The van der Waals surface area contributed by atoms with Crippen LogP contribution in [0.4, 0.5) is 5.69 Å². The van der Waals surface area contributed by atoms with Crippen LogP contribution in [0.2, 0.25) is 5.02 Å². The lowest BCUT2D eigenvalue weighted by Gasteiger charge is -2.09. The molecule has 0 bridgehead atoms. The van der Waals surface area contributed by atoms with Crippen molar-refractivity contribution in [1.29, 1.82) is 0 Å². The van der Waals surface area contributed by atoms with Gasteiger partial charge in [-0.25, -0.2) is 0 Å². The van der Waals surface area contributed by atoms with Crippen molar-refractivity contribution in [2.45, 2.75) is 27.3 Å². The summed E-state index contributed by atoms with van der Waals surface area (Å²) in [5, 5.41) is 8.53. The Kier molecular flexibility index (Phi) is 3.62. The summed E-state index contributed by atoms with van der Waals surface area (Å²) >= 11 is 6.20. The zero-order chi connectivity index (χ0) is 13.3. The quantitative estimate of drug-likeness (QED) is 0.917. The molecule has 0 aliphatic heterocycles. The van der Waals surface area contributed by atoms with E-state index in [2.05, 4.69) is 23.4 Å². The zero-order valence-corrected chi connectivity index (χ0v) is 12.0. The number of anilines is 1. The fraction of sp³-hybridized carbons (Fsp3) is 0.357. The van der Waals surface area contributed by atoms with Gasteiger partial charge in [-0.15, -0.1) is 0 Å². The maximum absolute atomic E-state index is 6.20. The largest absolute Gasteiger partial charge is 0.380 e. The minimum atomic E-state index is 0.744. The fourth-order valence-corrected chi connectivity index (χ4v) is 2.32. The SMILES string of the molecule is Cc1ccc(NCc2c(C)nn(C)c2C)c(Cl)c1. The molecular formula is C14H18ClN3. The number of hydrogen-bond acceptors (Lipinski definition) is 2. The lowest BCUT2D eigenvalue weighted by Crippen LogP contribution is -2.02. The van der Waals surface area contributed by atoms with Gasteiger partial charge in [0.25, 0.3) is 0 Å². The van der Waals surface area contributed by atoms with Crippen LogP contribution in [-0.2, 0) is 13.6 Å². The second-order valence-electron chi connectivity index (χ2n) is 4.61. The third-order valence-corrected chi connectivity index (χ3v) is 3.55. The first-order valence-corrected chi connectivity index (χ1v) is 6.36. The first-order chi connectivity index (χ1) is 8.49. The van der Waals surface area contributed by atoms with Gasteiger partial charge in [0.1, 0.15) is 0 Å². The highest BCUT2D eigenvalue weighted by Gasteiger charge is 2.09. The van der Waals surface area contributed by atoms with Crippen LogP contribution in [0.1, 0.15) is 22.5 Å². The van der Waals surface area contributed by atoms with E-state index < -0.39 is 0 Å². The van der Waals surface area contributed by atoms with E-state index in [1.165, 1.54) is 16.8 Å². The Morgan fingerprint density at radius 1 is 1.28 bits per heavy atom. The summed E-state index contributed by atoms with van der Waals surface area (Å²) in [7, 11) is 1.96. The summed E-state index contributed by atoms with van der Waals surface area (Å²) in [4.78, 5) is 0. The number of aryl methyl sites for hydroxylation is 3. The second kappa shape index (κ2) is 5.02. The number of aromatic nitrogens is 2. The van der Waals surface area contributed by atoms with Gasteiger partial charge in [0.15, 0.2) is 0 Å². The molecule has 1 heterocycles. The molecule has 0 radical (unpaired) electrons. The van der Waals surface area contributed by atoms with Gasteiger partial charge in [-0.1, -0.05) is 17.7 Å². The predicted molar refractivity (Wildman–Crippen MR) is 76.2 cm³/mol. The average Bonchev–Trinajstić information content (AvgIpc) is 2.53. The maximum Gasteiger partial charge on any atom is 0.0646 e. The number of halogens is 1. The number of hydrogen-bond donors (Lipinski definition) is 1. The molecule has 96 valence electrons. The van der Waals surface area contributed by atoms with Gasteiger partial charge in [-0.2, -0.15) is 5.10 Å². The molecule has 0 fully saturated rings. The van der Waals surface area contributed by atoms with Crippen molar-refractivity contribution in [2.24, 2.45) is 7.05 Å². The third kappa shape index (κ3) is 2.51. The first kappa shape index (κ1) is 13.0. The molecule has 3 nitrogen and oxygen atoms in total. The van der Waals surface area contributed by atoms with E-state index in [1.807, 2.05) is 37.7 Å². The van der Waals surface area contributed by atoms with E-state index in [4.69, 9.17) is 11.6 Å². The van der Waals surface area contributed by atoms with Crippen LogP contribution in [0.15, 0.2) is 18.2 Å². The van der Waals surface area contributed by atoms with Crippen molar-refractivity contribution in [3.8, 4) is 0 Å². The Labute approximate surface area is 113 Å². The number of benzene rings is 1. The molecule has 0 saturated carbocycles. The Hall–Kier alpha value is -1.48. The smallest absolute Gasteiger partial charge is 0.0646 e. The van der Waals surface area contributed by atoms with Gasteiger partial charge in [-0.3, -0.25) is 4.68 Å². The van der Waals surface area contributed by atoms with Gasteiger partial charge < -0.3 is 5.32 Å². The van der Waals surface area contributed by atoms with Crippen LogP contribution < -0.4 is 5.32 Å². The van der Waals surface area contributed by atoms with E-state index in [9.17, 15) is 0 Å². The summed E-state index contributed by atoms with van der Waals surface area (Å²) in [5.41, 5.74) is 5.60. The Balaban J connectivity index is 2.16. The molecule has 18 heavy (non-hydrogen) atoms. The predicted octanol–water partition coefficient (Wildman–Crippen LogP) is 3.61. The molecular weight excluding hydrogens is 246 g/mol. The number of nitrogens with zero attached hydrogens (tertiary/aromatic N) is 2. The van der Waals surface area contributed by atoms with Crippen LogP contribution in [0.5, 0.6) is 0 Å². The van der Waals surface area contributed by atoms with Crippen molar-refractivity contribution in [2.75, 3.05) is 5.32 Å². The monoisotopic (exact) mass is 263 g/mol. The van der Waals surface area contributed by atoms with Crippen molar-refractivity contribution >= 4 is 17.3 Å². The fourth-order valence-electron chi connectivity index (χ4n) is 2.02. The van der Waals surface area contributed by atoms with E-state index in [0.29, 0.717) is 0 Å². The number of nitrogens with one attached hydrogen (secondary N) is 1. The van der Waals surface area contributed by atoms with Crippen molar-refractivity contribution in [1.82, 2.24) is 9.78 Å². The maximum atomic E-state index is 6.20. The molecule has 1 aromatic heterocycles. The van der Waals surface area contributed by atoms with Crippen LogP contribution >= 0.6 is 11.6 Å². The molecule has 2 rings (SSSR count). The van der Waals surface area contributed by atoms with Gasteiger partial charge >= 0.3 is 0 Å². The zero-order valence-electron chi connectivity index (χ0n) is 11.2. The van der Waals surface area contributed by atoms with Gasteiger partial charge in [0.05, 0.1) is 16.4 Å². The van der Waals surface area contributed by atoms with Gasteiger partial charge in [0.2, 0.25) is 0 Å². The van der Waals surface area contributed by atoms with E-state index in [-0.39, 0.29) is 0 Å². The van der Waals surface area contributed by atoms with Gasteiger partial charge in [0, 0.05) is 24.8 Å². The summed E-state index contributed by atoms with van der Waals surface area (Å²) in [6, 6.07) is 6.03. The minimum absolute atomic E-state index is 0.744. The lowest BCUT2D eigenvalue weighted by molar-refractivity contribution is 0.730. The van der Waals surface area contributed by atoms with Crippen molar-refractivity contribution < 1.29 is 0 Å². The van der Waals surface area contributed by atoms with Crippen LogP contribution in [0, 0.1) is 20.8 Å². The Morgan fingerprint density at radius 3 is 2.56 bits per heavy atom. The van der Waals surface area contributed by atoms with E-state index in [0.717, 1.165) is 22.9 Å². The molecule has 0 aliphatic rings. The van der Waals surface area contributed by atoms with Crippen molar-refractivity contribution in [3.05, 3.63) is 45.7 Å². The molecule has 0 saturated heterocycles. The molecule has 1 aromatic carbocycles. The highest BCUT2D eigenvalue weighted by Crippen LogP contribution is 2.24. The standard InChI is InChI=1S/C14H18ClN3/c1-9-5-6-14(13(15)7-9)16-8-12-10(2)17-18(4)11(12)3/h5-7,16H,8H2,1-4H3. The second-order valence-corrected chi connectivity index (χ2v) is 5.02.